The van der Waals surface area contributed by atoms with E-state index in [0.29, 0.717) is 16.9 Å². The van der Waals surface area contributed by atoms with Crippen LogP contribution in [0.1, 0.15) is 61.5 Å². The van der Waals surface area contributed by atoms with Gasteiger partial charge >= 0.3 is 6.18 Å². The summed E-state index contributed by atoms with van der Waals surface area (Å²) in [6.45, 7) is 7.20. The van der Waals surface area contributed by atoms with Crippen molar-refractivity contribution in [3.05, 3.63) is 87.4 Å². The molecule has 2 atom stereocenters. The quantitative estimate of drug-likeness (QED) is 0.409. The summed E-state index contributed by atoms with van der Waals surface area (Å²) in [5, 5.41) is -0.332. The van der Waals surface area contributed by atoms with Gasteiger partial charge in [-0.1, -0.05) is 53.6 Å². The van der Waals surface area contributed by atoms with Crippen LogP contribution >= 0.6 is 11.6 Å². The molecule has 2 heterocycles. The molecule has 0 spiro atoms. The highest BCUT2D eigenvalue weighted by Gasteiger charge is 2.43. The number of fused-ring (bicyclic) bond motifs is 1. The molecule has 1 aromatic heterocycles. The fraction of sp³-hybridized carbons (Fsp3) is 0.370. The Morgan fingerprint density at radius 2 is 1.88 bits per heavy atom. The van der Waals surface area contributed by atoms with Crippen molar-refractivity contribution in [1.82, 2.24) is 14.9 Å². The molecule has 3 aromatic rings. The summed E-state index contributed by atoms with van der Waals surface area (Å²) in [7, 11) is 0. The normalized spacial score (nSPS) is 23.4. The minimum atomic E-state index is -4.51. The van der Waals surface area contributed by atoms with E-state index in [0.717, 1.165) is 31.9 Å². The molecule has 0 radical (unpaired) electrons. The maximum atomic E-state index is 13.4. The largest absolute Gasteiger partial charge is 0.417 e. The Hall–Kier alpha value is -2.73. The van der Waals surface area contributed by atoms with Gasteiger partial charge in [-0.2, -0.15) is 13.2 Å². The molecular formula is C27H27ClF3N3. The minimum absolute atomic E-state index is 0.285. The molecule has 1 unspecified atom stereocenters. The number of halogens is 4. The molecule has 7 heteroatoms. The second-order valence-electron chi connectivity index (χ2n) is 9.65. The Bertz CT molecular complexity index is 1300. The van der Waals surface area contributed by atoms with Gasteiger partial charge in [-0.05, 0) is 63.3 Å². The molecule has 1 aliphatic carbocycles. The lowest BCUT2D eigenvalue weighted by Gasteiger charge is -2.39. The molecule has 5 rings (SSSR count). The van der Waals surface area contributed by atoms with Crippen LogP contribution in [-0.2, 0) is 11.7 Å². The number of aryl methyl sites for hydroxylation is 1. The van der Waals surface area contributed by atoms with E-state index >= 15 is 0 Å². The molecule has 178 valence electrons. The Balaban J connectivity index is 1.54. The first-order chi connectivity index (χ1) is 16.1. The van der Waals surface area contributed by atoms with Crippen molar-refractivity contribution in [3.8, 4) is 0 Å². The number of nitrogens with one attached hydrogen (secondary N) is 1. The number of rotatable bonds is 3. The maximum absolute atomic E-state index is 13.4. The Morgan fingerprint density at radius 1 is 1.15 bits per heavy atom. The molecule has 0 amide bonds. The highest BCUT2D eigenvalue weighted by Crippen LogP contribution is 2.45. The molecule has 2 aromatic carbocycles. The van der Waals surface area contributed by atoms with Crippen LogP contribution in [0, 0.1) is 6.92 Å². The third-order valence-electron chi connectivity index (χ3n) is 7.26. The summed E-state index contributed by atoms with van der Waals surface area (Å²) in [5.41, 5.74) is 4.40. The molecule has 34 heavy (non-hydrogen) atoms. The lowest BCUT2D eigenvalue weighted by atomic mass is 9.87. The van der Waals surface area contributed by atoms with Crippen LogP contribution in [0.2, 0.25) is 5.02 Å². The van der Waals surface area contributed by atoms with Crippen LogP contribution in [0.3, 0.4) is 0 Å². The second kappa shape index (κ2) is 8.19. The van der Waals surface area contributed by atoms with E-state index in [9.17, 15) is 13.2 Å². The predicted octanol–water partition coefficient (Wildman–Crippen LogP) is 7.87. The van der Waals surface area contributed by atoms with Crippen molar-refractivity contribution in [2.45, 2.75) is 57.7 Å². The summed E-state index contributed by atoms with van der Waals surface area (Å²) in [6.07, 6.45) is 2.89. The van der Waals surface area contributed by atoms with Crippen molar-refractivity contribution in [2.75, 3.05) is 6.54 Å². The first-order valence-corrected chi connectivity index (χ1v) is 11.9. The topological polar surface area (TPSA) is 31.9 Å². The molecule has 1 N–H and O–H groups in total. The fourth-order valence-corrected chi connectivity index (χ4v) is 5.51. The monoisotopic (exact) mass is 485 g/mol. The number of aromatic amines is 1. The summed E-state index contributed by atoms with van der Waals surface area (Å²) in [5.74, 6) is 0.953. The van der Waals surface area contributed by atoms with Crippen molar-refractivity contribution in [2.24, 2.45) is 0 Å². The van der Waals surface area contributed by atoms with E-state index in [1.807, 2.05) is 0 Å². The third kappa shape index (κ3) is 3.92. The number of benzene rings is 2. The van der Waals surface area contributed by atoms with Gasteiger partial charge in [0.05, 0.1) is 27.2 Å². The van der Waals surface area contributed by atoms with Gasteiger partial charge < -0.3 is 9.88 Å². The van der Waals surface area contributed by atoms with Crippen LogP contribution in [0.5, 0.6) is 0 Å². The number of hydrogen-bond acceptors (Lipinski definition) is 2. The van der Waals surface area contributed by atoms with Crippen molar-refractivity contribution in [3.63, 3.8) is 0 Å². The van der Waals surface area contributed by atoms with E-state index in [1.165, 1.54) is 28.5 Å². The highest BCUT2D eigenvalue weighted by molar-refractivity contribution is 6.32. The second-order valence-corrected chi connectivity index (χ2v) is 10.1. The zero-order chi connectivity index (χ0) is 24.3. The average molecular weight is 486 g/mol. The van der Waals surface area contributed by atoms with Gasteiger partial charge in [0.2, 0.25) is 0 Å². The number of allylic oxidation sites excluding steroid dienone is 3. The first kappa shape index (κ1) is 23.0. The van der Waals surface area contributed by atoms with Gasteiger partial charge in [0, 0.05) is 18.2 Å². The summed E-state index contributed by atoms with van der Waals surface area (Å²) >= 11 is 5.94. The van der Waals surface area contributed by atoms with Gasteiger partial charge in [-0.15, -0.1) is 0 Å². The third-order valence-corrected chi connectivity index (χ3v) is 7.58. The molecule has 3 nitrogen and oxygen atoms in total. The number of alkyl halides is 3. The number of imidazole rings is 1. The maximum Gasteiger partial charge on any atom is 0.417 e. The Morgan fingerprint density at radius 3 is 2.59 bits per heavy atom. The van der Waals surface area contributed by atoms with E-state index in [1.54, 1.807) is 0 Å². The molecule has 0 saturated carbocycles. The molecule has 1 saturated heterocycles. The number of H-pyrrole nitrogens is 1. The number of aromatic nitrogens is 2. The summed E-state index contributed by atoms with van der Waals surface area (Å²) in [4.78, 5) is 10.3. The fourth-order valence-electron chi connectivity index (χ4n) is 5.25. The zero-order valence-corrected chi connectivity index (χ0v) is 20.2. The van der Waals surface area contributed by atoms with Crippen LogP contribution in [-0.4, -0.2) is 21.4 Å². The lowest BCUT2D eigenvalue weighted by Crippen LogP contribution is -2.39. The number of likely N-dealkylation sites (tertiary alicyclic amines) is 1. The van der Waals surface area contributed by atoms with E-state index < -0.39 is 17.3 Å². The SMILES string of the molecule is CC1=CCC(c2ccc(C)cc2)C=C1N1CCC[C@@]1(C)c1nc2cc(Cl)c(C(F)(F)F)cc2[nH]1. The predicted molar refractivity (Wildman–Crippen MR) is 130 cm³/mol. The van der Waals surface area contributed by atoms with Crippen LogP contribution in [0.4, 0.5) is 13.2 Å². The van der Waals surface area contributed by atoms with E-state index in [2.05, 4.69) is 67.1 Å². The Labute approximate surface area is 202 Å². The van der Waals surface area contributed by atoms with Gasteiger partial charge in [0.15, 0.2) is 0 Å². The van der Waals surface area contributed by atoms with Gasteiger partial charge in [-0.25, -0.2) is 4.98 Å². The zero-order valence-electron chi connectivity index (χ0n) is 19.4. The standard InChI is InChI=1S/C27H27ClF3N3/c1-16-5-8-18(9-6-16)19-10-7-17(2)24(13-19)34-12-4-11-26(34,3)25-32-22-14-20(27(29,30)31)21(28)15-23(22)33-25/h5-9,13-15,19H,4,10-12H2,1-3H3,(H,32,33)/t19?,26-/m0/s1. The number of nitrogens with zero attached hydrogens (tertiary/aromatic N) is 2. The summed E-state index contributed by atoms with van der Waals surface area (Å²) in [6, 6.07) is 11.0. The van der Waals surface area contributed by atoms with E-state index in [4.69, 9.17) is 16.6 Å². The first-order valence-electron chi connectivity index (χ1n) is 11.6. The van der Waals surface area contributed by atoms with Crippen LogP contribution in [0.25, 0.3) is 11.0 Å². The van der Waals surface area contributed by atoms with Gasteiger partial charge in [0.25, 0.3) is 0 Å². The average Bonchev–Trinajstić information content (AvgIpc) is 3.37. The molecule has 1 fully saturated rings. The summed E-state index contributed by atoms with van der Waals surface area (Å²) < 4.78 is 40.1. The van der Waals surface area contributed by atoms with Crippen LogP contribution in [0.15, 0.2) is 59.8 Å². The molecular weight excluding hydrogens is 459 g/mol. The minimum Gasteiger partial charge on any atom is -0.359 e. The lowest BCUT2D eigenvalue weighted by molar-refractivity contribution is -0.137. The van der Waals surface area contributed by atoms with E-state index in [-0.39, 0.29) is 10.9 Å². The van der Waals surface area contributed by atoms with Crippen LogP contribution < -0.4 is 0 Å². The van der Waals surface area contributed by atoms with Crippen molar-refractivity contribution in [1.29, 1.82) is 0 Å². The highest BCUT2D eigenvalue weighted by atomic mass is 35.5. The van der Waals surface area contributed by atoms with Crippen molar-refractivity contribution >= 4 is 22.6 Å². The van der Waals surface area contributed by atoms with Crippen molar-refractivity contribution < 1.29 is 13.2 Å². The number of hydrogen-bond donors (Lipinski definition) is 1. The molecule has 2 aliphatic rings. The van der Waals surface area contributed by atoms with Gasteiger partial charge in [0.1, 0.15) is 5.82 Å². The van der Waals surface area contributed by atoms with Gasteiger partial charge in [-0.3, -0.25) is 0 Å². The Kier molecular flexibility index (Phi) is 5.55. The molecule has 1 aliphatic heterocycles. The smallest absolute Gasteiger partial charge is 0.359 e. The molecule has 0 bridgehead atoms.